The molecular weight excluding hydrogens is 316 g/mol. The van der Waals surface area contributed by atoms with Crippen LogP contribution in [0.5, 0.6) is 11.5 Å². The second kappa shape index (κ2) is 8.41. The molecule has 1 aromatic carbocycles. The van der Waals surface area contributed by atoms with Crippen LogP contribution in [0.1, 0.15) is 38.2 Å². The van der Waals surface area contributed by atoms with E-state index in [2.05, 4.69) is 12.2 Å². The number of halogens is 1. The molecule has 2 atom stereocenters. The van der Waals surface area contributed by atoms with Gasteiger partial charge in [0.15, 0.2) is 18.1 Å². The third-order valence-corrected chi connectivity index (χ3v) is 4.46. The van der Waals surface area contributed by atoms with Crippen molar-refractivity contribution in [2.24, 2.45) is 11.7 Å². The Kier molecular flexibility index (Phi) is 6.54. The van der Waals surface area contributed by atoms with E-state index in [4.69, 9.17) is 26.8 Å². The number of rotatable bonds is 7. The molecule has 0 aromatic heterocycles. The van der Waals surface area contributed by atoms with Gasteiger partial charge in [-0.2, -0.15) is 0 Å². The number of nitrogens with one attached hydrogen (secondary N) is 1. The molecule has 0 spiro atoms. The number of hydrogen-bond acceptors (Lipinski definition) is 4. The number of methoxy groups -OCH3 is 1. The molecule has 0 aliphatic heterocycles. The van der Waals surface area contributed by atoms with Crippen molar-refractivity contribution in [2.45, 2.75) is 45.2 Å². The van der Waals surface area contributed by atoms with Crippen LogP contribution in [0, 0.1) is 5.92 Å². The zero-order valence-electron chi connectivity index (χ0n) is 13.7. The lowest BCUT2D eigenvalue weighted by molar-refractivity contribution is -0.119. The van der Waals surface area contributed by atoms with Crippen LogP contribution in [-0.2, 0) is 11.3 Å². The molecule has 0 heterocycles. The first-order valence-electron chi connectivity index (χ1n) is 8.00. The molecule has 128 valence electrons. The quantitative estimate of drug-likeness (QED) is 0.800. The fourth-order valence-corrected chi connectivity index (χ4v) is 3.33. The summed E-state index contributed by atoms with van der Waals surface area (Å²) in [5.74, 6) is 1.08. The number of amides is 1. The number of hydrogen-bond donors (Lipinski definition) is 2. The zero-order chi connectivity index (χ0) is 16.8. The van der Waals surface area contributed by atoms with E-state index in [9.17, 15) is 4.79 Å². The number of carbonyl (C=O) groups excluding carboxylic acids is 1. The standard InChI is InChI=1S/C17H25ClN2O3/c1-11-4-3-5-13(6-11)20-9-12-7-14(18)17(15(8-12)22-2)23-10-16(19)21/h7-8,11,13,20H,3-6,9-10H2,1-2H3,(H2,19,21). The van der Waals surface area contributed by atoms with Crippen molar-refractivity contribution >= 4 is 17.5 Å². The van der Waals surface area contributed by atoms with Crippen LogP contribution in [0.3, 0.4) is 0 Å². The Labute approximate surface area is 142 Å². The Morgan fingerprint density at radius 3 is 2.87 bits per heavy atom. The van der Waals surface area contributed by atoms with Gasteiger partial charge in [-0.1, -0.05) is 31.4 Å². The summed E-state index contributed by atoms with van der Waals surface area (Å²) in [6.45, 7) is 2.80. The lowest BCUT2D eigenvalue weighted by Gasteiger charge is -2.27. The van der Waals surface area contributed by atoms with Gasteiger partial charge in [0.05, 0.1) is 12.1 Å². The van der Waals surface area contributed by atoms with Gasteiger partial charge in [0.1, 0.15) is 0 Å². The Bertz CT molecular complexity index is 551. The average molecular weight is 341 g/mol. The van der Waals surface area contributed by atoms with Crippen LogP contribution in [0.25, 0.3) is 0 Å². The van der Waals surface area contributed by atoms with Crippen molar-refractivity contribution in [3.05, 3.63) is 22.7 Å². The summed E-state index contributed by atoms with van der Waals surface area (Å²) in [5, 5.41) is 4.00. The minimum atomic E-state index is -0.555. The Morgan fingerprint density at radius 2 is 2.22 bits per heavy atom. The highest BCUT2D eigenvalue weighted by molar-refractivity contribution is 6.32. The fraction of sp³-hybridized carbons (Fsp3) is 0.588. The lowest BCUT2D eigenvalue weighted by Crippen LogP contribution is -2.33. The second-order valence-electron chi connectivity index (χ2n) is 6.21. The van der Waals surface area contributed by atoms with Gasteiger partial charge in [-0.05, 0) is 36.5 Å². The predicted molar refractivity (Wildman–Crippen MR) is 91.0 cm³/mol. The third-order valence-electron chi connectivity index (χ3n) is 4.18. The van der Waals surface area contributed by atoms with Crippen LogP contribution in [0.15, 0.2) is 12.1 Å². The molecule has 6 heteroatoms. The number of primary amides is 1. The summed E-state index contributed by atoms with van der Waals surface area (Å²) in [5.41, 5.74) is 6.12. The number of nitrogens with two attached hydrogens (primary N) is 1. The first-order valence-corrected chi connectivity index (χ1v) is 8.38. The summed E-state index contributed by atoms with van der Waals surface area (Å²) in [6, 6.07) is 4.26. The molecule has 1 aliphatic carbocycles. The molecule has 5 nitrogen and oxygen atoms in total. The molecule has 2 unspecified atom stereocenters. The largest absolute Gasteiger partial charge is 0.493 e. The van der Waals surface area contributed by atoms with E-state index in [1.54, 1.807) is 7.11 Å². The van der Waals surface area contributed by atoms with Crippen molar-refractivity contribution in [1.82, 2.24) is 5.32 Å². The van der Waals surface area contributed by atoms with E-state index in [0.717, 1.165) is 18.0 Å². The Hall–Kier alpha value is -1.46. The highest BCUT2D eigenvalue weighted by Gasteiger charge is 2.19. The van der Waals surface area contributed by atoms with Crippen LogP contribution < -0.4 is 20.5 Å². The molecule has 1 fully saturated rings. The Balaban J connectivity index is 2.02. The van der Waals surface area contributed by atoms with Gasteiger partial charge in [-0.3, -0.25) is 4.79 Å². The highest BCUT2D eigenvalue weighted by Crippen LogP contribution is 2.36. The first-order chi connectivity index (χ1) is 11.0. The van der Waals surface area contributed by atoms with Gasteiger partial charge in [-0.25, -0.2) is 0 Å². The summed E-state index contributed by atoms with van der Waals surface area (Å²) in [6.07, 6.45) is 5.03. The Morgan fingerprint density at radius 1 is 1.43 bits per heavy atom. The van der Waals surface area contributed by atoms with Gasteiger partial charge in [0.2, 0.25) is 0 Å². The highest BCUT2D eigenvalue weighted by atomic mass is 35.5. The molecule has 1 aromatic rings. The van der Waals surface area contributed by atoms with Gasteiger partial charge in [-0.15, -0.1) is 0 Å². The third kappa shape index (κ3) is 5.29. The number of benzene rings is 1. The van der Waals surface area contributed by atoms with Crippen molar-refractivity contribution in [2.75, 3.05) is 13.7 Å². The van der Waals surface area contributed by atoms with Gasteiger partial charge in [0.25, 0.3) is 5.91 Å². The van der Waals surface area contributed by atoms with E-state index < -0.39 is 5.91 Å². The normalized spacial score (nSPS) is 21.0. The van der Waals surface area contributed by atoms with Crippen molar-refractivity contribution in [3.8, 4) is 11.5 Å². The lowest BCUT2D eigenvalue weighted by atomic mass is 9.87. The average Bonchev–Trinajstić information content (AvgIpc) is 2.51. The zero-order valence-corrected chi connectivity index (χ0v) is 14.5. The molecule has 23 heavy (non-hydrogen) atoms. The van der Waals surface area contributed by atoms with E-state index >= 15 is 0 Å². The topological polar surface area (TPSA) is 73.6 Å². The van der Waals surface area contributed by atoms with Gasteiger partial charge >= 0.3 is 0 Å². The molecule has 0 radical (unpaired) electrons. The molecule has 2 rings (SSSR count). The molecule has 1 amide bonds. The summed E-state index contributed by atoms with van der Waals surface area (Å²) < 4.78 is 10.7. The number of ether oxygens (including phenoxy) is 2. The van der Waals surface area contributed by atoms with Gasteiger partial charge in [0, 0.05) is 12.6 Å². The van der Waals surface area contributed by atoms with E-state index in [1.165, 1.54) is 25.7 Å². The van der Waals surface area contributed by atoms with E-state index in [-0.39, 0.29) is 6.61 Å². The molecule has 1 saturated carbocycles. The maximum Gasteiger partial charge on any atom is 0.255 e. The monoisotopic (exact) mass is 340 g/mol. The van der Waals surface area contributed by atoms with E-state index in [0.29, 0.717) is 22.6 Å². The van der Waals surface area contributed by atoms with Crippen LogP contribution in [-0.4, -0.2) is 25.7 Å². The van der Waals surface area contributed by atoms with Crippen molar-refractivity contribution < 1.29 is 14.3 Å². The molecule has 3 N–H and O–H groups in total. The fourth-order valence-electron chi connectivity index (χ4n) is 3.04. The molecular formula is C17H25ClN2O3. The van der Waals surface area contributed by atoms with Gasteiger partial charge < -0.3 is 20.5 Å². The predicted octanol–water partition coefficient (Wildman–Crippen LogP) is 2.88. The van der Waals surface area contributed by atoms with Crippen LogP contribution in [0.4, 0.5) is 0 Å². The summed E-state index contributed by atoms with van der Waals surface area (Å²) in [4.78, 5) is 10.9. The maximum atomic E-state index is 10.9. The minimum absolute atomic E-state index is 0.229. The summed E-state index contributed by atoms with van der Waals surface area (Å²) >= 11 is 6.26. The maximum absolute atomic E-state index is 10.9. The van der Waals surface area contributed by atoms with Crippen LogP contribution in [0.2, 0.25) is 5.02 Å². The number of carbonyl (C=O) groups is 1. The minimum Gasteiger partial charge on any atom is -0.493 e. The SMILES string of the molecule is COc1cc(CNC2CCCC(C)C2)cc(Cl)c1OCC(N)=O. The van der Waals surface area contributed by atoms with Crippen LogP contribution >= 0.6 is 11.6 Å². The molecule has 0 bridgehead atoms. The first kappa shape index (κ1) is 17.9. The molecule has 0 saturated heterocycles. The van der Waals surface area contributed by atoms with Crippen molar-refractivity contribution in [3.63, 3.8) is 0 Å². The van der Waals surface area contributed by atoms with Crippen molar-refractivity contribution in [1.29, 1.82) is 0 Å². The molecule has 1 aliphatic rings. The summed E-state index contributed by atoms with van der Waals surface area (Å²) in [7, 11) is 1.54. The smallest absolute Gasteiger partial charge is 0.255 e. The second-order valence-corrected chi connectivity index (χ2v) is 6.62. The van der Waals surface area contributed by atoms with E-state index in [1.807, 2.05) is 12.1 Å².